The normalized spacial score (nSPS) is 29.9. The van der Waals surface area contributed by atoms with Gasteiger partial charge in [-0.05, 0) is 12.3 Å². The molecule has 3 rings (SSSR count). The molecule has 0 aromatic carbocycles. The molecule has 0 aromatic rings. The lowest BCUT2D eigenvalue weighted by Crippen LogP contribution is -2.61. The highest BCUT2D eigenvalue weighted by Crippen LogP contribution is 2.42. The Morgan fingerprint density at radius 1 is 1.50 bits per heavy atom. The topological polar surface area (TPSA) is 82.8 Å². The van der Waals surface area contributed by atoms with Crippen molar-refractivity contribution >= 4 is 11.9 Å². The van der Waals surface area contributed by atoms with Crippen LogP contribution in [-0.4, -0.2) is 71.6 Å². The standard InChI is InChI=1S/C14H23N3O3/c1-9(2)11(12(18)19)17-4-3-14(13(17)20)7-16(8-14)6-10-5-15-10/h9-11,15H,3-8H2,1-2H3,(H,18,19)/t10-,11+/m1/s1. The Morgan fingerprint density at radius 2 is 2.15 bits per heavy atom. The van der Waals surface area contributed by atoms with Crippen LogP contribution in [-0.2, 0) is 9.59 Å². The summed E-state index contributed by atoms with van der Waals surface area (Å²) in [6, 6.07) is -0.0802. The van der Waals surface area contributed by atoms with Gasteiger partial charge in [0.25, 0.3) is 0 Å². The molecule has 0 aliphatic carbocycles. The molecule has 0 radical (unpaired) electrons. The van der Waals surface area contributed by atoms with E-state index in [1.54, 1.807) is 4.90 Å². The van der Waals surface area contributed by atoms with Crippen LogP contribution in [0.25, 0.3) is 0 Å². The van der Waals surface area contributed by atoms with Crippen LogP contribution in [0.1, 0.15) is 20.3 Å². The van der Waals surface area contributed by atoms with Crippen molar-refractivity contribution in [2.24, 2.45) is 11.3 Å². The first-order chi connectivity index (χ1) is 9.43. The van der Waals surface area contributed by atoms with Crippen molar-refractivity contribution in [2.45, 2.75) is 32.4 Å². The van der Waals surface area contributed by atoms with Crippen molar-refractivity contribution in [3.8, 4) is 0 Å². The van der Waals surface area contributed by atoms with E-state index < -0.39 is 12.0 Å². The quantitative estimate of drug-likeness (QED) is 0.670. The van der Waals surface area contributed by atoms with Crippen LogP contribution >= 0.6 is 0 Å². The Bertz CT molecular complexity index is 427. The second-order valence-corrected chi connectivity index (χ2v) is 6.83. The van der Waals surface area contributed by atoms with Gasteiger partial charge in [0.05, 0.1) is 5.41 Å². The zero-order valence-corrected chi connectivity index (χ0v) is 12.1. The predicted octanol–water partition coefficient (Wildman–Crippen LogP) is -0.398. The van der Waals surface area contributed by atoms with Gasteiger partial charge in [-0.15, -0.1) is 0 Å². The first-order valence-corrected chi connectivity index (χ1v) is 7.42. The van der Waals surface area contributed by atoms with E-state index in [-0.39, 0.29) is 17.2 Å². The molecule has 3 saturated heterocycles. The number of hydrogen-bond donors (Lipinski definition) is 2. The minimum Gasteiger partial charge on any atom is -0.480 e. The van der Waals surface area contributed by atoms with Gasteiger partial charge < -0.3 is 15.3 Å². The molecule has 20 heavy (non-hydrogen) atoms. The zero-order valence-electron chi connectivity index (χ0n) is 12.1. The Balaban J connectivity index is 1.63. The van der Waals surface area contributed by atoms with E-state index in [0.717, 1.165) is 32.6 Å². The monoisotopic (exact) mass is 281 g/mol. The lowest BCUT2D eigenvalue weighted by Gasteiger charge is -2.46. The van der Waals surface area contributed by atoms with Gasteiger partial charge in [0.15, 0.2) is 0 Å². The minimum absolute atomic E-state index is 0.0543. The van der Waals surface area contributed by atoms with Crippen LogP contribution < -0.4 is 5.32 Å². The van der Waals surface area contributed by atoms with Gasteiger partial charge in [-0.1, -0.05) is 13.8 Å². The number of carboxylic acid groups (broad SMARTS) is 1. The van der Waals surface area contributed by atoms with Gasteiger partial charge in [-0.2, -0.15) is 0 Å². The fraction of sp³-hybridized carbons (Fsp3) is 0.857. The fourth-order valence-corrected chi connectivity index (χ4v) is 3.65. The van der Waals surface area contributed by atoms with E-state index in [9.17, 15) is 14.7 Å². The molecule has 2 atom stereocenters. The van der Waals surface area contributed by atoms with Crippen molar-refractivity contribution in [3.63, 3.8) is 0 Å². The number of carbonyl (C=O) groups is 2. The number of amides is 1. The van der Waals surface area contributed by atoms with Crippen LogP contribution in [0.5, 0.6) is 0 Å². The third kappa shape index (κ3) is 2.20. The Morgan fingerprint density at radius 3 is 2.65 bits per heavy atom. The lowest BCUT2D eigenvalue weighted by molar-refractivity contribution is -0.156. The highest BCUT2D eigenvalue weighted by Gasteiger charge is 2.56. The molecule has 112 valence electrons. The second-order valence-electron chi connectivity index (χ2n) is 6.83. The molecule has 3 fully saturated rings. The minimum atomic E-state index is -0.885. The molecule has 3 heterocycles. The molecule has 1 spiro atoms. The zero-order chi connectivity index (χ0) is 14.5. The maximum Gasteiger partial charge on any atom is 0.326 e. The smallest absolute Gasteiger partial charge is 0.326 e. The highest BCUT2D eigenvalue weighted by atomic mass is 16.4. The van der Waals surface area contributed by atoms with Crippen molar-refractivity contribution in [2.75, 3.05) is 32.7 Å². The number of nitrogens with zero attached hydrogens (tertiary/aromatic N) is 2. The molecule has 1 amide bonds. The first-order valence-electron chi connectivity index (χ1n) is 7.42. The van der Waals surface area contributed by atoms with Crippen LogP contribution in [0, 0.1) is 11.3 Å². The van der Waals surface area contributed by atoms with Gasteiger partial charge in [-0.3, -0.25) is 9.69 Å². The SMILES string of the molecule is CC(C)[C@@H](C(=O)O)N1CCC2(CN(C[C@H]3CN3)C2)C1=O. The Kier molecular flexibility index (Phi) is 3.25. The van der Waals surface area contributed by atoms with Gasteiger partial charge >= 0.3 is 5.97 Å². The molecule has 0 bridgehead atoms. The summed E-state index contributed by atoms with van der Waals surface area (Å²) < 4.78 is 0. The van der Waals surface area contributed by atoms with Gasteiger partial charge in [-0.25, -0.2) is 4.79 Å². The molecule has 3 aliphatic rings. The number of carbonyl (C=O) groups excluding carboxylic acids is 1. The van der Waals surface area contributed by atoms with Gasteiger partial charge in [0.1, 0.15) is 6.04 Å². The highest BCUT2D eigenvalue weighted by molar-refractivity contribution is 5.90. The summed E-state index contributed by atoms with van der Waals surface area (Å²) in [4.78, 5) is 27.9. The first kappa shape index (κ1) is 13.8. The molecular formula is C14H23N3O3. The van der Waals surface area contributed by atoms with E-state index in [1.165, 1.54) is 0 Å². The Labute approximate surface area is 119 Å². The average molecular weight is 281 g/mol. The van der Waals surface area contributed by atoms with Crippen molar-refractivity contribution in [1.82, 2.24) is 15.1 Å². The van der Waals surface area contributed by atoms with Crippen molar-refractivity contribution in [3.05, 3.63) is 0 Å². The molecule has 6 heteroatoms. The van der Waals surface area contributed by atoms with E-state index in [1.807, 2.05) is 13.8 Å². The summed E-state index contributed by atoms with van der Waals surface area (Å²) in [6.07, 6.45) is 0.803. The summed E-state index contributed by atoms with van der Waals surface area (Å²) >= 11 is 0. The van der Waals surface area contributed by atoms with E-state index >= 15 is 0 Å². The molecular weight excluding hydrogens is 258 g/mol. The number of carboxylic acids is 1. The number of aliphatic carboxylic acids is 1. The summed E-state index contributed by atoms with van der Waals surface area (Å²) in [7, 11) is 0. The van der Waals surface area contributed by atoms with Crippen LogP contribution in [0.15, 0.2) is 0 Å². The maximum atomic E-state index is 12.6. The molecule has 0 unspecified atom stereocenters. The lowest BCUT2D eigenvalue weighted by atomic mass is 9.78. The summed E-state index contributed by atoms with van der Waals surface area (Å²) in [5, 5.41) is 12.6. The van der Waals surface area contributed by atoms with E-state index in [0.29, 0.717) is 12.6 Å². The van der Waals surface area contributed by atoms with Crippen LogP contribution in [0.3, 0.4) is 0 Å². The molecule has 3 aliphatic heterocycles. The largest absolute Gasteiger partial charge is 0.480 e. The second kappa shape index (κ2) is 4.70. The molecule has 2 N–H and O–H groups in total. The summed E-state index contributed by atoms with van der Waals surface area (Å²) in [5.41, 5.74) is -0.294. The number of rotatable bonds is 5. The maximum absolute atomic E-state index is 12.6. The fourth-order valence-electron chi connectivity index (χ4n) is 3.65. The van der Waals surface area contributed by atoms with Crippen molar-refractivity contribution in [1.29, 1.82) is 0 Å². The number of nitrogens with one attached hydrogen (secondary N) is 1. The number of hydrogen-bond acceptors (Lipinski definition) is 4. The number of likely N-dealkylation sites (tertiary alicyclic amines) is 2. The predicted molar refractivity (Wildman–Crippen MR) is 73.3 cm³/mol. The molecule has 0 aromatic heterocycles. The van der Waals surface area contributed by atoms with Crippen LogP contribution in [0.4, 0.5) is 0 Å². The van der Waals surface area contributed by atoms with Crippen molar-refractivity contribution < 1.29 is 14.7 Å². The third-order valence-electron chi connectivity index (χ3n) is 4.79. The Hall–Kier alpha value is -1.14. The van der Waals surface area contributed by atoms with Gasteiger partial charge in [0, 0.05) is 38.8 Å². The van der Waals surface area contributed by atoms with Gasteiger partial charge in [0.2, 0.25) is 5.91 Å². The third-order valence-corrected chi connectivity index (χ3v) is 4.79. The average Bonchev–Trinajstić information content (AvgIpc) is 3.06. The molecule has 6 nitrogen and oxygen atoms in total. The molecule has 0 saturated carbocycles. The van der Waals surface area contributed by atoms with E-state index in [4.69, 9.17) is 0 Å². The van der Waals surface area contributed by atoms with E-state index in [2.05, 4.69) is 10.2 Å². The van der Waals surface area contributed by atoms with Crippen LogP contribution in [0.2, 0.25) is 0 Å². The summed E-state index contributed by atoms with van der Waals surface area (Å²) in [5.74, 6) is -0.888. The summed E-state index contributed by atoms with van der Waals surface area (Å²) in [6.45, 7) is 8.00.